The first kappa shape index (κ1) is 15.8. The molecule has 2 aliphatic heterocycles. The number of rotatable bonds is 0. The van der Waals surface area contributed by atoms with Crippen LogP contribution < -0.4 is 10.6 Å². The Labute approximate surface area is 129 Å². The summed E-state index contributed by atoms with van der Waals surface area (Å²) in [5.74, 6) is 0.197. The minimum Gasteiger partial charge on any atom is -0.350 e. The van der Waals surface area contributed by atoms with Gasteiger partial charge in [0.1, 0.15) is 0 Å². The van der Waals surface area contributed by atoms with E-state index in [2.05, 4.69) is 18.8 Å². The van der Waals surface area contributed by atoms with Gasteiger partial charge in [0.15, 0.2) is 0 Å². The van der Waals surface area contributed by atoms with Crippen molar-refractivity contribution >= 4 is 31.3 Å². The topological polar surface area (TPSA) is 58.2 Å². The molecule has 2 heterocycles. The molecule has 2 N–H and O–H groups in total. The number of carbonyl (C=O) groups is 2. The lowest BCUT2D eigenvalue weighted by molar-refractivity contribution is -0.115. The van der Waals surface area contributed by atoms with Crippen molar-refractivity contribution in [1.82, 2.24) is 0 Å². The van der Waals surface area contributed by atoms with Crippen LogP contribution in [-0.4, -0.2) is 19.9 Å². The molecule has 2 aromatic rings. The van der Waals surface area contributed by atoms with Gasteiger partial charge in [-0.15, -0.1) is 0 Å². The van der Waals surface area contributed by atoms with E-state index < -0.39 is 0 Å². The van der Waals surface area contributed by atoms with Crippen LogP contribution in [0.25, 0.3) is 0 Å². The number of halogens is 1. The third-order valence-corrected chi connectivity index (χ3v) is 3.28. The van der Waals surface area contributed by atoms with Gasteiger partial charge in [0.05, 0.1) is 12.8 Å². The highest BCUT2D eigenvalue weighted by atomic mass is 19.1. The second-order valence-electron chi connectivity index (χ2n) is 4.76. The SMILES string of the molecule is O=C1Cc2ccccc2N1.O=C1Cc2ccccc2N1.[B]F. The minimum atomic E-state index is 0.0983. The molecular weight excluding hydrogens is 282 g/mol. The summed E-state index contributed by atoms with van der Waals surface area (Å²) in [7, 11) is 3.00. The highest BCUT2D eigenvalue weighted by Gasteiger charge is 2.15. The predicted octanol–water partition coefficient (Wildman–Crippen LogP) is 2.40. The van der Waals surface area contributed by atoms with Crippen LogP contribution in [-0.2, 0) is 22.4 Å². The van der Waals surface area contributed by atoms with Gasteiger partial charge in [0.25, 0.3) is 0 Å². The number of fused-ring (bicyclic) bond motifs is 2. The van der Waals surface area contributed by atoms with Crippen LogP contribution in [0.3, 0.4) is 0 Å². The summed E-state index contributed by atoms with van der Waals surface area (Å²) < 4.78 is 9.00. The van der Waals surface area contributed by atoms with Crippen molar-refractivity contribution in [2.75, 3.05) is 10.6 Å². The van der Waals surface area contributed by atoms with E-state index in [9.17, 15) is 9.59 Å². The number of carbonyl (C=O) groups excluding carboxylic acids is 2. The normalized spacial score (nSPS) is 13.5. The summed E-state index contributed by atoms with van der Waals surface area (Å²) in [4.78, 5) is 21.6. The summed E-state index contributed by atoms with van der Waals surface area (Å²) in [5.41, 5.74) is 4.14. The Kier molecular flexibility index (Phi) is 5.30. The molecule has 0 unspecified atom stereocenters. The second kappa shape index (κ2) is 7.40. The van der Waals surface area contributed by atoms with E-state index in [1.54, 1.807) is 0 Å². The number of nitrogens with one attached hydrogen (secondary N) is 2. The van der Waals surface area contributed by atoms with Gasteiger partial charge in [-0.25, -0.2) is 0 Å². The molecule has 2 aliphatic rings. The lowest BCUT2D eigenvalue weighted by Gasteiger charge is -1.93. The summed E-state index contributed by atoms with van der Waals surface area (Å²) >= 11 is 0. The molecule has 0 aromatic heterocycles. The van der Waals surface area contributed by atoms with Crippen LogP contribution in [0, 0.1) is 0 Å². The highest BCUT2D eigenvalue weighted by molar-refractivity contribution is 5.99. The monoisotopic (exact) mass is 296 g/mol. The van der Waals surface area contributed by atoms with Crippen LogP contribution in [0.2, 0.25) is 0 Å². The molecule has 4 rings (SSSR count). The molecule has 0 fully saturated rings. The molecule has 4 nitrogen and oxygen atoms in total. The number of anilines is 2. The second-order valence-corrected chi connectivity index (χ2v) is 4.76. The standard InChI is InChI=1S/2C8H7NO.BF/c2*10-8-5-6-3-1-2-4-7(6)9-8;1-2/h2*1-4H,5H2,(H,9,10);. The molecule has 6 heteroatoms. The fourth-order valence-corrected chi connectivity index (χ4v) is 2.33. The molecule has 110 valence electrons. The van der Waals surface area contributed by atoms with Gasteiger partial charge in [-0.2, -0.15) is 0 Å². The van der Waals surface area contributed by atoms with E-state index in [0.717, 1.165) is 22.5 Å². The third kappa shape index (κ3) is 3.72. The highest BCUT2D eigenvalue weighted by Crippen LogP contribution is 2.21. The summed E-state index contributed by atoms with van der Waals surface area (Å²) in [5, 5.41) is 5.52. The maximum atomic E-state index is 10.8. The van der Waals surface area contributed by atoms with E-state index in [-0.39, 0.29) is 11.8 Å². The van der Waals surface area contributed by atoms with Gasteiger partial charge in [0.2, 0.25) is 11.8 Å². The molecule has 0 spiro atoms. The maximum Gasteiger partial charge on any atom is 0.350 e. The van der Waals surface area contributed by atoms with E-state index in [4.69, 9.17) is 4.32 Å². The average Bonchev–Trinajstić information content (AvgIpc) is 3.10. The Morgan fingerprint density at radius 2 is 1.09 bits per heavy atom. The Bertz CT molecular complexity index is 578. The first-order valence-electron chi connectivity index (χ1n) is 6.70. The molecule has 2 aromatic carbocycles. The molecule has 2 radical (unpaired) electrons. The molecule has 0 bridgehead atoms. The largest absolute Gasteiger partial charge is 0.350 e. The van der Waals surface area contributed by atoms with E-state index >= 15 is 0 Å². The number of benzene rings is 2. The van der Waals surface area contributed by atoms with Gasteiger partial charge in [-0.05, 0) is 23.3 Å². The van der Waals surface area contributed by atoms with Crippen LogP contribution >= 0.6 is 0 Å². The zero-order valence-electron chi connectivity index (χ0n) is 11.8. The molecule has 0 atom stereocenters. The minimum absolute atomic E-state index is 0.0983. The lowest BCUT2D eigenvalue weighted by atomic mass is 10.2. The Balaban J connectivity index is 0.000000144. The van der Waals surface area contributed by atoms with Crippen molar-refractivity contribution in [3.05, 3.63) is 59.7 Å². The van der Waals surface area contributed by atoms with E-state index in [0.29, 0.717) is 12.8 Å². The van der Waals surface area contributed by atoms with Crippen LogP contribution in [0.5, 0.6) is 0 Å². The predicted molar refractivity (Wildman–Crippen MR) is 84.4 cm³/mol. The summed E-state index contributed by atoms with van der Waals surface area (Å²) in [6.07, 6.45) is 1.08. The van der Waals surface area contributed by atoms with Gasteiger partial charge >= 0.3 is 8.12 Å². The van der Waals surface area contributed by atoms with Crippen molar-refractivity contribution in [3.63, 3.8) is 0 Å². The van der Waals surface area contributed by atoms with Crippen molar-refractivity contribution < 1.29 is 13.9 Å². The van der Waals surface area contributed by atoms with Crippen LogP contribution in [0.4, 0.5) is 15.7 Å². The molecule has 0 saturated heterocycles. The molecule has 0 aliphatic carbocycles. The quantitative estimate of drug-likeness (QED) is 0.733. The summed E-state index contributed by atoms with van der Waals surface area (Å²) in [6.45, 7) is 0. The first-order valence-corrected chi connectivity index (χ1v) is 6.70. The summed E-state index contributed by atoms with van der Waals surface area (Å²) in [6, 6.07) is 15.5. The Morgan fingerprint density at radius 3 is 1.45 bits per heavy atom. The number of hydrogen-bond acceptors (Lipinski definition) is 2. The average molecular weight is 296 g/mol. The molecular formula is C16H14BFN2O2. The van der Waals surface area contributed by atoms with Crippen molar-refractivity contribution in [2.45, 2.75) is 12.8 Å². The molecule has 0 saturated carbocycles. The van der Waals surface area contributed by atoms with Gasteiger partial charge in [-0.3, -0.25) is 9.59 Å². The Hall–Kier alpha value is -2.63. The fraction of sp³-hybridized carbons (Fsp3) is 0.125. The van der Waals surface area contributed by atoms with E-state index in [1.807, 2.05) is 48.5 Å². The van der Waals surface area contributed by atoms with Crippen LogP contribution in [0.1, 0.15) is 11.1 Å². The molecule has 22 heavy (non-hydrogen) atoms. The lowest BCUT2D eigenvalue weighted by Crippen LogP contribution is -2.03. The third-order valence-electron chi connectivity index (χ3n) is 3.28. The van der Waals surface area contributed by atoms with Gasteiger partial charge in [0, 0.05) is 11.4 Å². The van der Waals surface area contributed by atoms with Gasteiger partial charge < -0.3 is 14.9 Å². The van der Waals surface area contributed by atoms with Crippen LogP contribution in [0.15, 0.2) is 48.5 Å². The van der Waals surface area contributed by atoms with E-state index in [1.165, 1.54) is 0 Å². The van der Waals surface area contributed by atoms with Crippen molar-refractivity contribution in [1.29, 1.82) is 0 Å². The van der Waals surface area contributed by atoms with Crippen molar-refractivity contribution in [2.24, 2.45) is 0 Å². The first-order chi connectivity index (χ1) is 10.7. The number of para-hydroxylation sites is 2. The zero-order chi connectivity index (χ0) is 15.9. The number of hydrogen-bond donors (Lipinski definition) is 2. The van der Waals surface area contributed by atoms with Gasteiger partial charge in [-0.1, -0.05) is 36.4 Å². The molecule has 2 amide bonds. The zero-order valence-corrected chi connectivity index (χ0v) is 11.8. The van der Waals surface area contributed by atoms with Crippen molar-refractivity contribution in [3.8, 4) is 0 Å². The smallest absolute Gasteiger partial charge is 0.350 e. The number of amides is 2. The fourth-order valence-electron chi connectivity index (χ4n) is 2.33. The Morgan fingerprint density at radius 1 is 0.727 bits per heavy atom. The maximum absolute atomic E-state index is 10.8.